The first kappa shape index (κ1) is 21.1. The molecule has 1 aromatic heterocycles. The van der Waals surface area contributed by atoms with E-state index in [0.29, 0.717) is 29.2 Å². The van der Waals surface area contributed by atoms with Gasteiger partial charge in [0.25, 0.3) is 5.91 Å². The van der Waals surface area contributed by atoms with Gasteiger partial charge in [0.2, 0.25) is 10.0 Å². The van der Waals surface area contributed by atoms with Gasteiger partial charge in [0.1, 0.15) is 11.6 Å². The molecule has 7 nitrogen and oxygen atoms in total. The second kappa shape index (κ2) is 7.70. The molecule has 0 fully saturated rings. The molecule has 33 heavy (non-hydrogen) atoms. The lowest BCUT2D eigenvalue weighted by Gasteiger charge is -2.21. The van der Waals surface area contributed by atoms with Crippen molar-refractivity contribution in [3.05, 3.63) is 77.6 Å². The van der Waals surface area contributed by atoms with Gasteiger partial charge in [-0.05, 0) is 79.6 Å². The van der Waals surface area contributed by atoms with Crippen molar-refractivity contribution in [2.45, 2.75) is 19.4 Å². The number of nitrogens with one attached hydrogen (secondary N) is 2. The average molecular weight is 465 g/mol. The molecule has 9 heteroatoms. The van der Waals surface area contributed by atoms with Gasteiger partial charge >= 0.3 is 0 Å². The number of sulfonamides is 1. The number of fused-ring (bicyclic) bond motifs is 2. The summed E-state index contributed by atoms with van der Waals surface area (Å²) in [6.07, 6.45) is 1.74. The summed E-state index contributed by atoms with van der Waals surface area (Å²) in [5, 5.41) is 2.88. The Kier molecular flexibility index (Phi) is 4.93. The second-order valence-electron chi connectivity index (χ2n) is 8.23. The Balaban J connectivity index is 1.38. The molecule has 0 aliphatic carbocycles. The largest absolute Gasteiger partial charge is 0.338 e. The van der Waals surface area contributed by atoms with E-state index in [-0.39, 0.29) is 17.8 Å². The summed E-state index contributed by atoms with van der Waals surface area (Å²) in [5.74, 6) is 0.00225. The molecule has 0 radical (unpaired) electrons. The van der Waals surface area contributed by atoms with Crippen molar-refractivity contribution in [1.29, 1.82) is 0 Å². The topological polar surface area (TPSA) is 95.2 Å². The molecule has 1 atom stereocenters. The lowest BCUT2D eigenvalue weighted by molar-refractivity contribution is 0.102. The number of nitrogens with zero attached hydrogens (tertiary/aromatic N) is 2. The monoisotopic (exact) mass is 464 g/mol. The molecule has 2 heterocycles. The van der Waals surface area contributed by atoms with Crippen LogP contribution in [-0.4, -0.2) is 36.6 Å². The van der Waals surface area contributed by atoms with Crippen LogP contribution in [0.15, 0.2) is 60.7 Å². The Hall–Kier alpha value is -3.72. The minimum Gasteiger partial charge on any atom is -0.338 e. The van der Waals surface area contributed by atoms with Gasteiger partial charge < -0.3 is 10.3 Å². The number of halogens is 1. The predicted molar refractivity (Wildman–Crippen MR) is 126 cm³/mol. The number of benzene rings is 3. The van der Waals surface area contributed by atoms with Crippen molar-refractivity contribution in [3.8, 4) is 11.4 Å². The lowest BCUT2D eigenvalue weighted by Crippen LogP contribution is -2.34. The van der Waals surface area contributed by atoms with Crippen molar-refractivity contribution in [2.24, 2.45) is 0 Å². The highest BCUT2D eigenvalue weighted by molar-refractivity contribution is 7.92. The standard InChI is InChI=1S/C24H21FN4O3S/c1-14-11-17-12-16(5-10-22(17)29(14)33(2,31)32)24(30)26-19-8-9-20-21(13-19)28-23(27-20)15-3-6-18(25)7-4-15/h3-10,12-14H,11H2,1-2H3,(H,26,30)(H,27,28). The molecule has 2 N–H and O–H groups in total. The molecular formula is C24H21FN4O3S. The molecule has 1 amide bonds. The van der Waals surface area contributed by atoms with Gasteiger partial charge in [0, 0.05) is 22.9 Å². The van der Waals surface area contributed by atoms with E-state index in [1.165, 1.54) is 22.7 Å². The van der Waals surface area contributed by atoms with E-state index in [1.54, 1.807) is 48.5 Å². The Morgan fingerprint density at radius 2 is 1.88 bits per heavy atom. The molecule has 168 valence electrons. The van der Waals surface area contributed by atoms with Crippen LogP contribution in [0.1, 0.15) is 22.8 Å². The number of rotatable bonds is 4. The molecule has 0 saturated carbocycles. The maximum absolute atomic E-state index is 13.2. The summed E-state index contributed by atoms with van der Waals surface area (Å²) in [7, 11) is -3.38. The van der Waals surface area contributed by atoms with E-state index in [4.69, 9.17) is 0 Å². The fourth-order valence-corrected chi connectivity index (χ4v) is 5.55. The van der Waals surface area contributed by atoms with Crippen LogP contribution in [0.2, 0.25) is 0 Å². The average Bonchev–Trinajstić information content (AvgIpc) is 3.33. The van der Waals surface area contributed by atoms with Crippen LogP contribution < -0.4 is 9.62 Å². The van der Waals surface area contributed by atoms with Crippen molar-refractivity contribution in [3.63, 3.8) is 0 Å². The summed E-state index contributed by atoms with van der Waals surface area (Å²) in [6, 6.07) is 16.3. The summed E-state index contributed by atoms with van der Waals surface area (Å²) in [6.45, 7) is 1.85. The van der Waals surface area contributed by atoms with Crippen molar-refractivity contribution < 1.29 is 17.6 Å². The second-order valence-corrected chi connectivity index (χ2v) is 10.1. The number of aromatic nitrogens is 2. The van der Waals surface area contributed by atoms with Gasteiger partial charge in [-0.15, -0.1) is 0 Å². The number of aromatic amines is 1. The molecule has 5 rings (SSSR count). The van der Waals surface area contributed by atoms with Crippen LogP contribution in [-0.2, 0) is 16.4 Å². The molecule has 0 spiro atoms. The van der Waals surface area contributed by atoms with E-state index >= 15 is 0 Å². The van der Waals surface area contributed by atoms with E-state index < -0.39 is 10.0 Å². The Morgan fingerprint density at radius 1 is 1.12 bits per heavy atom. The van der Waals surface area contributed by atoms with Crippen LogP contribution in [0.5, 0.6) is 0 Å². The molecule has 0 saturated heterocycles. The first-order chi connectivity index (χ1) is 15.7. The molecule has 1 aliphatic heterocycles. The van der Waals surface area contributed by atoms with Crippen molar-refractivity contribution in [2.75, 3.05) is 15.9 Å². The number of carbonyl (C=O) groups is 1. The number of imidazole rings is 1. The molecular weight excluding hydrogens is 443 g/mol. The number of H-pyrrole nitrogens is 1. The highest BCUT2D eigenvalue weighted by atomic mass is 32.2. The van der Waals surface area contributed by atoms with E-state index in [2.05, 4.69) is 15.3 Å². The van der Waals surface area contributed by atoms with Gasteiger partial charge in [0.15, 0.2) is 0 Å². The number of hydrogen-bond acceptors (Lipinski definition) is 4. The smallest absolute Gasteiger partial charge is 0.255 e. The maximum atomic E-state index is 13.2. The fourth-order valence-electron chi connectivity index (χ4n) is 4.28. The maximum Gasteiger partial charge on any atom is 0.255 e. The van der Waals surface area contributed by atoms with Crippen LogP contribution >= 0.6 is 0 Å². The van der Waals surface area contributed by atoms with Crippen LogP contribution in [0.3, 0.4) is 0 Å². The summed E-state index contributed by atoms with van der Waals surface area (Å²) < 4.78 is 38.8. The van der Waals surface area contributed by atoms with Gasteiger partial charge in [0.05, 0.1) is 23.0 Å². The first-order valence-electron chi connectivity index (χ1n) is 10.4. The van der Waals surface area contributed by atoms with Gasteiger partial charge in [-0.2, -0.15) is 0 Å². The third kappa shape index (κ3) is 3.95. The van der Waals surface area contributed by atoms with Crippen LogP contribution in [0.25, 0.3) is 22.4 Å². The Morgan fingerprint density at radius 3 is 2.61 bits per heavy atom. The number of amides is 1. The molecule has 0 bridgehead atoms. The summed E-state index contributed by atoms with van der Waals surface area (Å²) >= 11 is 0. The quantitative estimate of drug-likeness (QED) is 0.470. The highest BCUT2D eigenvalue weighted by Gasteiger charge is 2.32. The zero-order valence-corrected chi connectivity index (χ0v) is 18.8. The SMILES string of the molecule is CC1Cc2cc(C(=O)Nc3ccc4nc(-c5ccc(F)cc5)[nH]c4c3)ccc2N1S(C)(=O)=O. The van der Waals surface area contributed by atoms with Gasteiger partial charge in [-0.25, -0.2) is 17.8 Å². The third-order valence-corrected chi connectivity index (χ3v) is 6.98. The van der Waals surface area contributed by atoms with E-state index in [1.807, 2.05) is 6.92 Å². The zero-order chi connectivity index (χ0) is 23.3. The van der Waals surface area contributed by atoms with Gasteiger partial charge in [-0.3, -0.25) is 9.10 Å². The van der Waals surface area contributed by atoms with E-state index in [0.717, 1.165) is 22.2 Å². The summed E-state index contributed by atoms with van der Waals surface area (Å²) in [4.78, 5) is 20.6. The molecule has 1 unspecified atom stereocenters. The fraction of sp³-hybridized carbons (Fsp3) is 0.167. The highest BCUT2D eigenvalue weighted by Crippen LogP contribution is 2.35. The van der Waals surface area contributed by atoms with E-state index in [9.17, 15) is 17.6 Å². The minimum atomic E-state index is -3.38. The normalized spacial score (nSPS) is 15.6. The summed E-state index contributed by atoms with van der Waals surface area (Å²) in [5.41, 5.74) is 4.70. The predicted octanol–water partition coefficient (Wildman–Crippen LogP) is 4.33. The van der Waals surface area contributed by atoms with Crippen molar-refractivity contribution >= 4 is 38.3 Å². The lowest BCUT2D eigenvalue weighted by atomic mass is 10.1. The number of hydrogen-bond donors (Lipinski definition) is 2. The minimum absolute atomic E-state index is 0.189. The van der Waals surface area contributed by atoms with Crippen molar-refractivity contribution in [1.82, 2.24) is 9.97 Å². The number of carbonyl (C=O) groups excluding carboxylic acids is 1. The molecule has 4 aromatic rings. The molecule has 1 aliphatic rings. The zero-order valence-electron chi connectivity index (χ0n) is 18.0. The molecule has 3 aromatic carbocycles. The van der Waals surface area contributed by atoms with Gasteiger partial charge in [-0.1, -0.05) is 0 Å². The Labute approximate surface area is 190 Å². The van der Waals surface area contributed by atoms with Crippen LogP contribution in [0, 0.1) is 5.82 Å². The first-order valence-corrected chi connectivity index (χ1v) is 12.2. The third-order valence-electron chi connectivity index (χ3n) is 5.71. The van der Waals surface area contributed by atoms with Crippen LogP contribution in [0.4, 0.5) is 15.8 Å². The number of anilines is 2. The Bertz CT molecular complexity index is 1500.